The smallest absolute Gasteiger partial charge is 0.273 e. The first-order valence-electron chi connectivity index (χ1n) is 7.91. The van der Waals surface area contributed by atoms with E-state index in [9.17, 15) is 4.79 Å². The molecule has 0 aliphatic rings. The van der Waals surface area contributed by atoms with E-state index >= 15 is 0 Å². The lowest BCUT2D eigenvalue weighted by Gasteiger charge is -2.04. The van der Waals surface area contributed by atoms with Crippen LogP contribution in [0.3, 0.4) is 0 Å². The number of aryl methyl sites for hydroxylation is 1. The van der Waals surface area contributed by atoms with Crippen LogP contribution in [0.4, 0.5) is 0 Å². The third kappa shape index (κ3) is 4.70. The Morgan fingerprint density at radius 1 is 1.08 bits per heavy atom. The van der Waals surface area contributed by atoms with Crippen molar-refractivity contribution in [1.82, 2.24) is 15.2 Å². The summed E-state index contributed by atoms with van der Waals surface area (Å²) in [6, 6.07) is 15.8. The Morgan fingerprint density at radius 2 is 1.88 bits per heavy atom. The van der Waals surface area contributed by atoms with E-state index < -0.39 is 0 Å². The molecule has 1 aromatic heterocycles. The van der Waals surface area contributed by atoms with Crippen molar-refractivity contribution in [1.29, 1.82) is 0 Å². The molecule has 1 heterocycles. The van der Waals surface area contributed by atoms with Gasteiger partial charge in [0.25, 0.3) is 5.56 Å². The fourth-order valence-electron chi connectivity index (χ4n) is 2.42. The van der Waals surface area contributed by atoms with Gasteiger partial charge in [-0.05, 0) is 30.2 Å². The summed E-state index contributed by atoms with van der Waals surface area (Å²) in [4.78, 5) is 15.0. The van der Waals surface area contributed by atoms with Crippen LogP contribution in [0.25, 0.3) is 0 Å². The summed E-state index contributed by atoms with van der Waals surface area (Å²) in [6.45, 7) is 2.06. The molecule has 0 atom stereocenters. The molecule has 6 heteroatoms. The van der Waals surface area contributed by atoms with Gasteiger partial charge >= 0.3 is 0 Å². The van der Waals surface area contributed by atoms with Crippen LogP contribution in [-0.4, -0.2) is 22.3 Å². The van der Waals surface area contributed by atoms with E-state index in [-0.39, 0.29) is 5.56 Å². The summed E-state index contributed by atoms with van der Waals surface area (Å²) in [5.74, 6) is 1.52. The number of aromatic amines is 1. The van der Waals surface area contributed by atoms with Crippen molar-refractivity contribution < 1.29 is 4.74 Å². The fourth-order valence-corrected chi connectivity index (χ4v) is 3.16. The Balaban J connectivity index is 1.66. The molecule has 1 N–H and O–H groups in total. The predicted octanol–water partition coefficient (Wildman–Crippen LogP) is 3.37. The van der Waals surface area contributed by atoms with Crippen LogP contribution in [0.5, 0.6) is 5.75 Å². The molecule has 0 unspecified atom stereocenters. The molecule has 2 aromatic carbocycles. The lowest BCUT2D eigenvalue weighted by Crippen LogP contribution is -2.17. The molecule has 0 radical (unpaired) electrons. The molecule has 128 valence electrons. The van der Waals surface area contributed by atoms with Gasteiger partial charge in [-0.3, -0.25) is 9.78 Å². The van der Waals surface area contributed by atoms with E-state index in [4.69, 9.17) is 4.74 Å². The molecule has 5 nitrogen and oxygen atoms in total. The van der Waals surface area contributed by atoms with E-state index in [1.54, 1.807) is 7.11 Å². The normalized spacial score (nSPS) is 10.6. The number of hydrogen-bond acceptors (Lipinski definition) is 5. The number of aromatic nitrogens is 3. The quantitative estimate of drug-likeness (QED) is 0.688. The van der Waals surface area contributed by atoms with Gasteiger partial charge in [-0.25, -0.2) is 0 Å². The number of methoxy groups -OCH3 is 1. The highest BCUT2D eigenvalue weighted by atomic mass is 32.2. The van der Waals surface area contributed by atoms with Gasteiger partial charge in [-0.2, -0.15) is 0 Å². The maximum atomic E-state index is 12.2. The molecule has 0 aliphatic heterocycles. The number of benzene rings is 2. The second-order valence-electron chi connectivity index (χ2n) is 5.71. The van der Waals surface area contributed by atoms with E-state index in [1.165, 1.54) is 22.9 Å². The molecule has 0 spiro atoms. The first-order valence-corrected chi connectivity index (χ1v) is 8.90. The summed E-state index contributed by atoms with van der Waals surface area (Å²) in [5.41, 5.74) is 3.60. The van der Waals surface area contributed by atoms with Gasteiger partial charge in [0.2, 0.25) is 0 Å². The predicted molar refractivity (Wildman–Crippen MR) is 99.2 cm³/mol. The Labute approximate surface area is 150 Å². The lowest BCUT2D eigenvalue weighted by molar-refractivity contribution is 0.414. The maximum absolute atomic E-state index is 12.2. The Morgan fingerprint density at radius 3 is 2.56 bits per heavy atom. The minimum absolute atomic E-state index is 0.197. The van der Waals surface area contributed by atoms with Crippen molar-refractivity contribution in [3.05, 3.63) is 81.3 Å². The van der Waals surface area contributed by atoms with Crippen molar-refractivity contribution in [2.75, 3.05) is 7.11 Å². The number of thioether (sulfide) groups is 1. The van der Waals surface area contributed by atoms with Crippen LogP contribution >= 0.6 is 11.8 Å². The molecule has 3 rings (SSSR count). The largest absolute Gasteiger partial charge is 0.497 e. The molecule has 0 bridgehead atoms. The van der Waals surface area contributed by atoms with Crippen molar-refractivity contribution in [3.8, 4) is 5.75 Å². The van der Waals surface area contributed by atoms with Crippen molar-refractivity contribution in [3.63, 3.8) is 0 Å². The van der Waals surface area contributed by atoms with Crippen molar-refractivity contribution >= 4 is 11.8 Å². The third-order valence-corrected chi connectivity index (χ3v) is 4.67. The monoisotopic (exact) mass is 353 g/mol. The molecule has 25 heavy (non-hydrogen) atoms. The summed E-state index contributed by atoms with van der Waals surface area (Å²) >= 11 is 1.47. The minimum Gasteiger partial charge on any atom is -0.497 e. The highest BCUT2D eigenvalue weighted by Gasteiger charge is 2.07. The summed E-state index contributed by atoms with van der Waals surface area (Å²) in [6.07, 6.45) is 0.440. The molecule has 0 amide bonds. The minimum atomic E-state index is -0.197. The van der Waals surface area contributed by atoms with Crippen LogP contribution in [-0.2, 0) is 12.2 Å². The number of nitrogens with zero attached hydrogens (tertiary/aromatic N) is 2. The lowest BCUT2D eigenvalue weighted by atomic mass is 10.1. The molecule has 0 fully saturated rings. The van der Waals surface area contributed by atoms with Crippen LogP contribution in [0.15, 0.2) is 58.5 Å². The van der Waals surface area contributed by atoms with E-state index in [2.05, 4.69) is 40.3 Å². The standard InChI is InChI=1S/C19H19N3O2S/c1-13-4-3-5-15(10-13)12-25-19-20-18(23)17(21-22-19)11-14-6-8-16(24-2)9-7-14/h3-10H,11-12H2,1-2H3,(H,20,22,23). The van der Waals surface area contributed by atoms with Gasteiger partial charge < -0.3 is 4.74 Å². The van der Waals surface area contributed by atoms with Gasteiger partial charge in [-0.1, -0.05) is 53.7 Å². The van der Waals surface area contributed by atoms with Crippen LogP contribution < -0.4 is 10.3 Å². The second-order valence-corrected chi connectivity index (χ2v) is 6.67. The Bertz CT molecular complexity index is 907. The van der Waals surface area contributed by atoms with Crippen molar-refractivity contribution in [2.45, 2.75) is 24.3 Å². The maximum Gasteiger partial charge on any atom is 0.273 e. The number of rotatable bonds is 6. The van der Waals surface area contributed by atoms with Gasteiger partial charge in [0.15, 0.2) is 5.16 Å². The molecule has 0 aliphatic carbocycles. The van der Waals surface area contributed by atoms with E-state index in [0.29, 0.717) is 17.3 Å². The van der Waals surface area contributed by atoms with E-state index in [0.717, 1.165) is 17.1 Å². The zero-order valence-electron chi connectivity index (χ0n) is 14.2. The fraction of sp³-hybridized carbons (Fsp3) is 0.211. The van der Waals surface area contributed by atoms with Crippen LogP contribution in [0.1, 0.15) is 22.4 Å². The van der Waals surface area contributed by atoms with Gasteiger partial charge in [0.1, 0.15) is 11.4 Å². The molecule has 0 saturated carbocycles. The van der Waals surface area contributed by atoms with Gasteiger partial charge in [0, 0.05) is 12.2 Å². The zero-order valence-corrected chi connectivity index (χ0v) is 15.0. The van der Waals surface area contributed by atoms with Crippen molar-refractivity contribution in [2.24, 2.45) is 0 Å². The highest BCUT2D eigenvalue weighted by Crippen LogP contribution is 2.18. The summed E-state index contributed by atoms with van der Waals surface area (Å²) in [5, 5.41) is 8.77. The first kappa shape index (κ1) is 17.2. The number of ether oxygens (including phenoxy) is 1. The Kier molecular flexibility index (Phi) is 5.50. The average molecular weight is 353 g/mol. The number of hydrogen-bond donors (Lipinski definition) is 1. The van der Waals surface area contributed by atoms with Gasteiger partial charge in [0.05, 0.1) is 7.11 Å². The van der Waals surface area contributed by atoms with Crippen LogP contribution in [0, 0.1) is 6.92 Å². The Hall–Kier alpha value is -2.60. The average Bonchev–Trinajstić information content (AvgIpc) is 2.63. The highest BCUT2D eigenvalue weighted by molar-refractivity contribution is 7.98. The SMILES string of the molecule is COc1ccc(Cc2nnc(SCc3cccc(C)c3)[nH]c2=O)cc1. The second kappa shape index (κ2) is 7.98. The zero-order chi connectivity index (χ0) is 17.6. The van der Waals surface area contributed by atoms with Crippen LogP contribution in [0.2, 0.25) is 0 Å². The summed E-state index contributed by atoms with van der Waals surface area (Å²) in [7, 11) is 1.62. The van der Waals surface area contributed by atoms with Gasteiger partial charge in [-0.15, -0.1) is 10.2 Å². The molecular weight excluding hydrogens is 334 g/mol. The summed E-state index contributed by atoms with van der Waals surface area (Å²) < 4.78 is 5.13. The topological polar surface area (TPSA) is 67.9 Å². The number of nitrogens with one attached hydrogen (secondary N) is 1. The van der Waals surface area contributed by atoms with E-state index in [1.807, 2.05) is 30.3 Å². The molecule has 0 saturated heterocycles. The third-order valence-electron chi connectivity index (χ3n) is 3.73. The molecular formula is C19H19N3O2S. The number of H-pyrrole nitrogens is 1. The molecule has 3 aromatic rings. The first-order chi connectivity index (χ1) is 12.1.